The maximum atomic E-state index is 12.2. The summed E-state index contributed by atoms with van der Waals surface area (Å²) in [6.07, 6.45) is 4.95. The van der Waals surface area contributed by atoms with E-state index in [4.69, 9.17) is 0 Å². The maximum Gasteiger partial charge on any atom is 0.253 e. The Hall–Kier alpha value is -2.23. The van der Waals surface area contributed by atoms with Gasteiger partial charge in [-0.05, 0) is 30.2 Å². The van der Waals surface area contributed by atoms with Gasteiger partial charge in [0, 0.05) is 18.6 Å². The van der Waals surface area contributed by atoms with Crippen LogP contribution in [0.25, 0.3) is 0 Å². The summed E-state index contributed by atoms with van der Waals surface area (Å²) in [5, 5.41) is 3.01. The molecule has 0 radical (unpaired) electrons. The molecular weight excluding hydrogens is 238 g/mol. The molecule has 4 heteroatoms. The lowest BCUT2D eigenvalue weighted by atomic mass is 10.00. The number of carbonyl (C=O) groups is 1. The van der Waals surface area contributed by atoms with E-state index in [9.17, 15) is 4.79 Å². The van der Waals surface area contributed by atoms with Gasteiger partial charge in [0.1, 0.15) is 0 Å². The van der Waals surface area contributed by atoms with Crippen LogP contribution in [-0.2, 0) is 0 Å². The second kappa shape index (κ2) is 6.09. The molecule has 2 aromatic heterocycles. The standard InChI is InChI=1S/C15H17N3O/c1-11(2)14(13-7-3-4-9-17-13)18-15(19)12-6-5-8-16-10-12/h3-11,14H,1-2H3,(H,18,19). The van der Waals surface area contributed by atoms with Gasteiger partial charge in [-0.2, -0.15) is 0 Å². The van der Waals surface area contributed by atoms with Crippen LogP contribution in [0.4, 0.5) is 0 Å². The molecule has 0 fully saturated rings. The van der Waals surface area contributed by atoms with Gasteiger partial charge in [-0.3, -0.25) is 14.8 Å². The number of nitrogens with one attached hydrogen (secondary N) is 1. The minimum atomic E-state index is -0.127. The molecule has 2 heterocycles. The van der Waals surface area contributed by atoms with Gasteiger partial charge in [-0.25, -0.2) is 0 Å². The molecule has 0 aliphatic carbocycles. The zero-order valence-corrected chi connectivity index (χ0v) is 11.1. The third-order valence-electron chi connectivity index (χ3n) is 2.88. The molecule has 0 saturated carbocycles. The van der Waals surface area contributed by atoms with Crippen molar-refractivity contribution in [3.8, 4) is 0 Å². The Balaban J connectivity index is 2.17. The smallest absolute Gasteiger partial charge is 0.253 e. The van der Waals surface area contributed by atoms with Gasteiger partial charge in [0.05, 0.1) is 17.3 Å². The lowest BCUT2D eigenvalue weighted by molar-refractivity contribution is 0.0924. The predicted molar refractivity (Wildman–Crippen MR) is 73.5 cm³/mol. The van der Waals surface area contributed by atoms with Crippen LogP contribution in [-0.4, -0.2) is 15.9 Å². The second-order valence-corrected chi connectivity index (χ2v) is 4.69. The Morgan fingerprint density at radius 1 is 1.16 bits per heavy atom. The van der Waals surface area contributed by atoms with E-state index in [0.717, 1.165) is 5.69 Å². The normalized spacial score (nSPS) is 12.2. The summed E-state index contributed by atoms with van der Waals surface area (Å²) >= 11 is 0. The highest BCUT2D eigenvalue weighted by atomic mass is 16.1. The van der Waals surface area contributed by atoms with Crippen molar-refractivity contribution in [3.05, 3.63) is 60.2 Å². The van der Waals surface area contributed by atoms with Crippen LogP contribution >= 0.6 is 0 Å². The molecular formula is C15H17N3O. The first-order valence-corrected chi connectivity index (χ1v) is 6.30. The first kappa shape index (κ1) is 13.2. The molecule has 4 nitrogen and oxygen atoms in total. The van der Waals surface area contributed by atoms with E-state index in [-0.39, 0.29) is 17.9 Å². The topological polar surface area (TPSA) is 54.9 Å². The first-order valence-electron chi connectivity index (χ1n) is 6.30. The summed E-state index contributed by atoms with van der Waals surface area (Å²) in [4.78, 5) is 20.4. The second-order valence-electron chi connectivity index (χ2n) is 4.69. The summed E-state index contributed by atoms with van der Waals surface area (Å²) in [7, 11) is 0. The van der Waals surface area contributed by atoms with Gasteiger partial charge >= 0.3 is 0 Å². The molecule has 98 valence electrons. The third kappa shape index (κ3) is 3.37. The fourth-order valence-electron chi connectivity index (χ4n) is 1.86. The van der Waals surface area contributed by atoms with Crippen LogP contribution in [0.3, 0.4) is 0 Å². The van der Waals surface area contributed by atoms with Crippen molar-refractivity contribution in [1.29, 1.82) is 0 Å². The van der Waals surface area contributed by atoms with E-state index in [1.54, 1.807) is 30.7 Å². The predicted octanol–water partition coefficient (Wildman–Crippen LogP) is 2.60. The maximum absolute atomic E-state index is 12.2. The Labute approximate surface area is 112 Å². The Morgan fingerprint density at radius 2 is 2.00 bits per heavy atom. The molecule has 0 aromatic carbocycles. The Morgan fingerprint density at radius 3 is 2.58 bits per heavy atom. The van der Waals surface area contributed by atoms with Crippen LogP contribution in [0, 0.1) is 5.92 Å². The molecule has 2 aromatic rings. The van der Waals surface area contributed by atoms with Crippen LogP contribution in [0.1, 0.15) is 35.9 Å². The number of rotatable bonds is 4. The molecule has 1 atom stereocenters. The van der Waals surface area contributed by atoms with E-state index < -0.39 is 0 Å². The quantitative estimate of drug-likeness (QED) is 0.913. The van der Waals surface area contributed by atoms with Gasteiger partial charge in [0.25, 0.3) is 5.91 Å². The van der Waals surface area contributed by atoms with Crippen molar-refractivity contribution in [2.75, 3.05) is 0 Å². The van der Waals surface area contributed by atoms with Gasteiger partial charge < -0.3 is 5.32 Å². The van der Waals surface area contributed by atoms with Crippen LogP contribution in [0.15, 0.2) is 48.9 Å². The van der Waals surface area contributed by atoms with Crippen molar-refractivity contribution < 1.29 is 4.79 Å². The van der Waals surface area contributed by atoms with E-state index in [1.807, 2.05) is 18.2 Å². The number of aromatic nitrogens is 2. The molecule has 1 N–H and O–H groups in total. The highest BCUT2D eigenvalue weighted by Crippen LogP contribution is 2.19. The van der Waals surface area contributed by atoms with Crippen LogP contribution in [0.5, 0.6) is 0 Å². The van der Waals surface area contributed by atoms with Crippen molar-refractivity contribution >= 4 is 5.91 Å². The summed E-state index contributed by atoms with van der Waals surface area (Å²) in [5.74, 6) is 0.132. The van der Waals surface area contributed by atoms with Gasteiger partial charge in [0.15, 0.2) is 0 Å². The summed E-state index contributed by atoms with van der Waals surface area (Å²) < 4.78 is 0. The van der Waals surface area contributed by atoms with Crippen LogP contribution in [0.2, 0.25) is 0 Å². The number of hydrogen-bond donors (Lipinski definition) is 1. The third-order valence-corrected chi connectivity index (χ3v) is 2.88. The van der Waals surface area contributed by atoms with E-state index in [1.165, 1.54) is 0 Å². The summed E-state index contributed by atoms with van der Waals surface area (Å²) in [5.41, 5.74) is 1.43. The minimum absolute atomic E-state index is 0.103. The number of nitrogens with zero attached hydrogens (tertiary/aromatic N) is 2. The fourth-order valence-corrected chi connectivity index (χ4v) is 1.86. The van der Waals surface area contributed by atoms with E-state index >= 15 is 0 Å². The lowest BCUT2D eigenvalue weighted by Gasteiger charge is -2.21. The molecule has 0 aliphatic rings. The van der Waals surface area contributed by atoms with Crippen molar-refractivity contribution in [3.63, 3.8) is 0 Å². The Kier molecular flexibility index (Phi) is 4.23. The zero-order valence-electron chi connectivity index (χ0n) is 11.1. The van der Waals surface area contributed by atoms with E-state index in [2.05, 4.69) is 29.1 Å². The highest BCUT2D eigenvalue weighted by Gasteiger charge is 2.19. The molecule has 1 unspecified atom stereocenters. The van der Waals surface area contributed by atoms with Gasteiger partial charge in [-0.1, -0.05) is 19.9 Å². The number of carbonyl (C=O) groups excluding carboxylic acids is 1. The molecule has 2 rings (SSSR count). The number of hydrogen-bond acceptors (Lipinski definition) is 3. The van der Waals surface area contributed by atoms with E-state index in [0.29, 0.717) is 5.56 Å². The van der Waals surface area contributed by atoms with Crippen LogP contribution < -0.4 is 5.32 Å². The van der Waals surface area contributed by atoms with Crippen molar-refractivity contribution in [2.24, 2.45) is 5.92 Å². The van der Waals surface area contributed by atoms with Crippen molar-refractivity contribution in [1.82, 2.24) is 15.3 Å². The molecule has 19 heavy (non-hydrogen) atoms. The molecule has 0 bridgehead atoms. The molecule has 0 spiro atoms. The monoisotopic (exact) mass is 255 g/mol. The average molecular weight is 255 g/mol. The molecule has 0 saturated heterocycles. The summed E-state index contributed by atoms with van der Waals surface area (Å²) in [6.45, 7) is 4.12. The molecule has 1 amide bonds. The highest BCUT2D eigenvalue weighted by molar-refractivity contribution is 5.94. The molecule has 0 aliphatic heterocycles. The fraction of sp³-hybridized carbons (Fsp3) is 0.267. The largest absolute Gasteiger partial charge is 0.343 e. The van der Waals surface area contributed by atoms with Gasteiger partial charge in [0.2, 0.25) is 0 Å². The van der Waals surface area contributed by atoms with Crippen molar-refractivity contribution in [2.45, 2.75) is 19.9 Å². The SMILES string of the molecule is CC(C)C(NC(=O)c1cccnc1)c1ccccn1. The zero-order chi connectivity index (χ0) is 13.7. The Bertz CT molecular complexity index is 526. The summed E-state index contributed by atoms with van der Waals surface area (Å²) in [6, 6.07) is 9.11. The number of amides is 1. The first-order chi connectivity index (χ1) is 9.18. The number of pyridine rings is 2. The lowest BCUT2D eigenvalue weighted by Crippen LogP contribution is -2.32. The average Bonchev–Trinajstić information content (AvgIpc) is 2.46. The van der Waals surface area contributed by atoms with Gasteiger partial charge in [-0.15, -0.1) is 0 Å². The minimum Gasteiger partial charge on any atom is -0.343 e.